The third-order valence-electron chi connectivity index (χ3n) is 3.91. The zero-order valence-corrected chi connectivity index (χ0v) is 15.5. The SMILES string of the molecule is COCC(N)C(=O)Nc1nc(C2CC2)c(Cc2ccccc2F)s1.Cl. The van der Waals surface area contributed by atoms with Gasteiger partial charge in [0.25, 0.3) is 0 Å². The van der Waals surface area contributed by atoms with Crippen molar-refractivity contribution >= 4 is 34.8 Å². The number of anilines is 1. The molecule has 0 saturated heterocycles. The molecule has 1 saturated carbocycles. The second-order valence-corrected chi connectivity index (χ2v) is 7.00. The highest BCUT2D eigenvalue weighted by Gasteiger charge is 2.30. The number of aromatic nitrogens is 1. The van der Waals surface area contributed by atoms with E-state index >= 15 is 0 Å². The van der Waals surface area contributed by atoms with Crippen LogP contribution in [0.2, 0.25) is 0 Å². The molecule has 3 rings (SSSR count). The fraction of sp³-hybridized carbons (Fsp3) is 0.412. The van der Waals surface area contributed by atoms with Crippen LogP contribution >= 0.6 is 23.7 Å². The molecule has 0 spiro atoms. The number of thiazole rings is 1. The van der Waals surface area contributed by atoms with E-state index < -0.39 is 6.04 Å². The minimum atomic E-state index is -0.738. The summed E-state index contributed by atoms with van der Waals surface area (Å²) in [7, 11) is 1.49. The van der Waals surface area contributed by atoms with Crippen molar-refractivity contribution in [2.24, 2.45) is 5.73 Å². The Hall–Kier alpha value is -1.54. The highest BCUT2D eigenvalue weighted by molar-refractivity contribution is 7.15. The Labute approximate surface area is 156 Å². The zero-order chi connectivity index (χ0) is 17.1. The van der Waals surface area contributed by atoms with Gasteiger partial charge in [0.1, 0.15) is 11.9 Å². The molecule has 1 fully saturated rings. The van der Waals surface area contributed by atoms with Crippen LogP contribution < -0.4 is 11.1 Å². The summed E-state index contributed by atoms with van der Waals surface area (Å²) in [4.78, 5) is 17.6. The molecular formula is C17H21ClFN3O2S. The summed E-state index contributed by atoms with van der Waals surface area (Å²) in [6.45, 7) is 0.148. The zero-order valence-electron chi connectivity index (χ0n) is 13.8. The molecule has 1 atom stereocenters. The van der Waals surface area contributed by atoms with Crippen molar-refractivity contribution in [3.8, 4) is 0 Å². The van der Waals surface area contributed by atoms with Gasteiger partial charge in [-0.15, -0.1) is 23.7 Å². The van der Waals surface area contributed by atoms with E-state index in [9.17, 15) is 9.18 Å². The highest BCUT2D eigenvalue weighted by Crippen LogP contribution is 2.44. The number of nitrogens with two attached hydrogens (primary N) is 1. The molecule has 0 aliphatic heterocycles. The van der Waals surface area contributed by atoms with Crippen molar-refractivity contribution in [3.63, 3.8) is 0 Å². The van der Waals surface area contributed by atoms with Crippen LogP contribution in [0.3, 0.4) is 0 Å². The number of amides is 1. The summed E-state index contributed by atoms with van der Waals surface area (Å²) >= 11 is 1.39. The summed E-state index contributed by atoms with van der Waals surface area (Å²) in [6, 6.07) is 6.00. The maximum absolute atomic E-state index is 13.9. The Balaban J connectivity index is 0.00000225. The van der Waals surface area contributed by atoms with Gasteiger partial charge in [-0.2, -0.15) is 0 Å². The van der Waals surface area contributed by atoms with Gasteiger partial charge in [0.05, 0.1) is 12.3 Å². The Morgan fingerprint density at radius 2 is 2.20 bits per heavy atom. The summed E-state index contributed by atoms with van der Waals surface area (Å²) in [5.74, 6) is -0.132. The first kappa shape index (κ1) is 19.8. The fourth-order valence-corrected chi connectivity index (χ4v) is 3.56. The Kier molecular flexibility index (Phi) is 6.89. The van der Waals surface area contributed by atoms with Crippen molar-refractivity contribution in [1.29, 1.82) is 0 Å². The lowest BCUT2D eigenvalue weighted by molar-refractivity contribution is -0.118. The van der Waals surface area contributed by atoms with Crippen molar-refractivity contribution in [2.75, 3.05) is 19.0 Å². The molecule has 5 nitrogen and oxygen atoms in total. The van der Waals surface area contributed by atoms with Crippen LogP contribution in [0.1, 0.15) is 34.9 Å². The van der Waals surface area contributed by atoms with Gasteiger partial charge in [0.2, 0.25) is 5.91 Å². The second-order valence-electron chi connectivity index (χ2n) is 5.92. The van der Waals surface area contributed by atoms with Crippen LogP contribution in [0.15, 0.2) is 24.3 Å². The van der Waals surface area contributed by atoms with E-state index in [1.807, 2.05) is 6.07 Å². The predicted octanol–water partition coefficient (Wildman–Crippen LogP) is 3.08. The molecule has 8 heteroatoms. The number of hydrogen-bond donors (Lipinski definition) is 2. The number of nitrogens with one attached hydrogen (secondary N) is 1. The number of methoxy groups -OCH3 is 1. The van der Waals surface area contributed by atoms with Gasteiger partial charge < -0.3 is 15.8 Å². The van der Waals surface area contributed by atoms with E-state index in [-0.39, 0.29) is 30.7 Å². The monoisotopic (exact) mass is 385 g/mol. The minimum Gasteiger partial charge on any atom is -0.383 e. The molecule has 1 amide bonds. The summed E-state index contributed by atoms with van der Waals surface area (Å²) < 4.78 is 18.8. The first-order chi connectivity index (χ1) is 11.6. The summed E-state index contributed by atoms with van der Waals surface area (Å²) in [5, 5.41) is 3.25. The topological polar surface area (TPSA) is 77.2 Å². The van der Waals surface area contributed by atoms with Gasteiger partial charge in [-0.3, -0.25) is 4.79 Å². The number of rotatable bonds is 7. The molecule has 1 unspecified atom stereocenters. The molecule has 1 aliphatic carbocycles. The molecule has 2 aromatic rings. The van der Waals surface area contributed by atoms with E-state index in [4.69, 9.17) is 10.5 Å². The normalized spacial score (nSPS) is 14.7. The summed E-state index contributed by atoms with van der Waals surface area (Å²) in [6.07, 6.45) is 2.66. The van der Waals surface area contributed by atoms with Crippen molar-refractivity contribution in [2.45, 2.75) is 31.2 Å². The molecule has 1 heterocycles. The van der Waals surface area contributed by atoms with Gasteiger partial charge in [-0.1, -0.05) is 18.2 Å². The molecule has 25 heavy (non-hydrogen) atoms. The van der Waals surface area contributed by atoms with Gasteiger partial charge >= 0.3 is 0 Å². The lowest BCUT2D eigenvalue weighted by atomic mass is 10.1. The number of hydrogen-bond acceptors (Lipinski definition) is 5. The molecular weight excluding hydrogens is 365 g/mol. The van der Waals surface area contributed by atoms with Crippen molar-refractivity contribution in [1.82, 2.24) is 4.98 Å². The average molecular weight is 386 g/mol. The number of carbonyl (C=O) groups is 1. The lowest BCUT2D eigenvalue weighted by Crippen LogP contribution is -2.39. The van der Waals surface area contributed by atoms with E-state index in [1.165, 1.54) is 24.5 Å². The van der Waals surface area contributed by atoms with Crippen LogP contribution in [0.5, 0.6) is 0 Å². The van der Waals surface area contributed by atoms with E-state index in [1.54, 1.807) is 12.1 Å². The second kappa shape index (κ2) is 8.71. The fourth-order valence-electron chi connectivity index (χ4n) is 2.49. The van der Waals surface area contributed by atoms with E-state index in [0.717, 1.165) is 23.4 Å². The minimum absolute atomic E-state index is 0. The predicted molar refractivity (Wildman–Crippen MR) is 99.0 cm³/mol. The third-order valence-corrected chi connectivity index (χ3v) is 4.90. The van der Waals surface area contributed by atoms with Gasteiger partial charge in [-0.25, -0.2) is 9.37 Å². The molecule has 1 aliphatic rings. The first-order valence-corrected chi connectivity index (χ1v) is 8.68. The number of carbonyl (C=O) groups excluding carboxylic acids is 1. The molecule has 0 bridgehead atoms. The quantitative estimate of drug-likeness (QED) is 0.767. The smallest absolute Gasteiger partial charge is 0.245 e. The third kappa shape index (κ3) is 4.98. The first-order valence-electron chi connectivity index (χ1n) is 7.87. The van der Waals surface area contributed by atoms with Gasteiger partial charge in [0, 0.05) is 24.3 Å². The van der Waals surface area contributed by atoms with Crippen LogP contribution in [-0.2, 0) is 16.0 Å². The highest BCUT2D eigenvalue weighted by atomic mass is 35.5. The van der Waals surface area contributed by atoms with E-state index in [0.29, 0.717) is 23.0 Å². The Bertz CT molecular complexity index is 736. The molecule has 1 aromatic carbocycles. The average Bonchev–Trinajstić information content (AvgIpc) is 3.32. The molecule has 3 N–H and O–H groups in total. The van der Waals surface area contributed by atoms with Crippen LogP contribution in [0.25, 0.3) is 0 Å². The van der Waals surface area contributed by atoms with Crippen LogP contribution in [-0.4, -0.2) is 30.6 Å². The molecule has 0 radical (unpaired) electrons. The van der Waals surface area contributed by atoms with Gasteiger partial charge in [0.15, 0.2) is 5.13 Å². The number of ether oxygens (including phenoxy) is 1. The Morgan fingerprint density at radius 3 is 2.84 bits per heavy atom. The number of halogens is 2. The van der Waals surface area contributed by atoms with Crippen LogP contribution in [0.4, 0.5) is 9.52 Å². The van der Waals surface area contributed by atoms with Gasteiger partial charge in [-0.05, 0) is 24.5 Å². The van der Waals surface area contributed by atoms with Crippen molar-refractivity contribution in [3.05, 3.63) is 46.2 Å². The maximum Gasteiger partial charge on any atom is 0.245 e. The number of benzene rings is 1. The molecule has 1 aromatic heterocycles. The Morgan fingerprint density at radius 1 is 1.48 bits per heavy atom. The standard InChI is InChI=1S/C17H20FN3O2S.ClH/c1-23-9-13(19)16(22)21-17-20-15(10-6-7-10)14(24-17)8-11-4-2-3-5-12(11)18;/h2-5,10,13H,6-9,19H2,1H3,(H,20,21,22);1H. The maximum atomic E-state index is 13.9. The van der Waals surface area contributed by atoms with Crippen LogP contribution in [0, 0.1) is 5.82 Å². The lowest BCUT2D eigenvalue weighted by Gasteiger charge is -2.08. The largest absolute Gasteiger partial charge is 0.383 e. The van der Waals surface area contributed by atoms with Crippen molar-refractivity contribution < 1.29 is 13.9 Å². The van der Waals surface area contributed by atoms with E-state index in [2.05, 4.69) is 10.3 Å². The number of nitrogens with zero attached hydrogens (tertiary/aromatic N) is 1. The summed E-state index contributed by atoms with van der Waals surface area (Å²) in [5.41, 5.74) is 7.33. The molecule has 136 valence electrons.